The van der Waals surface area contributed by atoms with Gasteiger partial charge in [0.1, 0.15) is 6.04 Å². The average molecular weight is 315 g/mol. The molecule has 0 aliphatic rings. The summed E-state index contributed by atoms with van der Waals surface area (Å²) in [7, 11) is 1.32. The molecule has 1 rings (SSSR count). The minimum absolute atomic E-state index is 0.0277. The molecule has 0 radical (unpaired) electrons. The fourth-order valence-electron chi connectivity index (χ4n) is 1.98. The summed E-state index contributed by atoms with van der Waals surface area (Å²) in [5.41, 5.74) is 0.408. The Morgan fingerprint density at radius 3 is 2.67 bits per heavy atom. The van der Waals surface area contributed by atoms with Crippen LogP contribution in [0.4, 0.5) is 5.69 Å². The Morgan fingerprint density at radius 1 is 1.48 bits per heavy atom. The zero-order chi connectivity index (χ0) is 16.0. The first-order chi connectivity index (χ1) is 9.85. The fourth-order valence-corrected chi connectivity index (χ4v) is 2.18. The number of esters is 1. The maximum absolute atomic E-state index is 11.7. The van der Waals surface area contributed by atoms with Gasteiger partial charge in [-0.05, 0) is 24.5 Å². The first-order valence-corrected chi connectivity index (χ1v) is 6.97. The molecule has 6 nitrogen and oxygen atoms in total. The second-order valence-corrected chi connectivity index (χ2v) is 5.55. The Hall–Kier alpha value is -1.66. The summed E-state index contributed by atoms with van der Waals surface area (Å²) < 4.78 is 4.74. The Kier molecular flexibility index (Phi) is 6.58. The van der Waals surface area contributed by atoms with Gasteiger partial charge in [-0.2, -0.15) is 0 Å². The number of halogens is 1. The average Bonchev–Trinajstić information content (AvgIpc) is 2.41. The summed E-state index contributed by atoms with van der Waals surface area (Å²) in [5, 5.41) is 14.4. The smallest absolute Gasteiger partial charge is 0.322 e. The second-order valence-electron chi connectivity index (χ2n) is 5.12. The van der Waals surface area contributed by atoms with Gasteiger partial charge in [-0.25, -0.2) is 0 Å². The summed E-state index contributed by atoms with van der Waals surface area (Å²) in [6, 6.07) is 3.84. The highest BCUT2D eigenvalue weighted by atomic mass is 35.5. The van der Waals surface area contributed by atoms with Crippen LogP contribution >= 0.6 is 11.6 Å². The van der Waals surface area contributed by atoms with Gasteiger partial charge in [0.15, 0.2) is 0 Å². The normalized spacial score (nSPS) is 12.2. The highest BCUT2D eigenvalue weighted by Gasteiger charge is 2.22. The molecule has 0 aliphatic carbocycles. The van der Waals surface area contributed by atoms with E-state index in [-0.39, 0.29) is 24.1 Å². The molecular formula is C14H19ClN2O4. The lowest BCUT2D eigenvalue weighted by molar-refractivity contribution is -0.385. The molecule has 0 aliphatic heterocycles. The minimum atomic E-state index is -0.506. The van der Waals surface area contributed by atoms with Crippen molar-refractivity contribution >= 4 is 23.3 Å². The number of hydrogen-bond donors (Lipinski definition) is 1. The van der Waals surface area contributed by atoms with Crippen LogP contribution in [0, 0.1) is 16.0 Å². The lowest BCUT2D eigenvalue weighted by atomic mass is 10.0. The SMILES string of the molecule is COC(=O)C(CC(C)C)NCc1cc(Cl)ccc1[N+](=O)[O-]. The fraction of sp³-hybridized carbons (Fsp3) is 0.500. The van der Waals surface area contributed by atoms with Gasteiger partial charge >= 0.3 is 5.97 Å². The molecule has 1 atom stereocenters. The molecular weight excluding hydrogens is 296 g/mol. The van der Waals surface area contributed by atoms with Gasteiger partial charge in [-0.1, -0.05) is 25.4 Å². The number of carbonyl (C=O) groups is 1. The van der Waals surface area contributed by atoms with E-state index in [1.54, 1.807) is 0 Å². The van der Waals surface area contributed by atoms with E-state index in [0.29, 0.717) is 17.0 Å². The number of rotatable bonds is 7. The third-order valence-corrected chi connectivity index (χ3v) is 3.21. The Morgan fingerprint density at radius 2 is 2.14 bits per heavy atom. The summed E-state index contributed by atoms with van der Waals surface area (Å²) in [4.78, 5) is 22.2. The lowest BCUT2D eigenvalue weighted by Gasteiger charge is -2.18. The largest absolute Gasteiger partial charge is 0.468 e. The van der Waals surface area contributed by atoms with Crippen molar-refractivity contribution in [3.63, 3.8) is 0 Å². The van der Waals surface area contributed by atoms with Gasteiger partial charge in [0.25, 0.3) is 5.69 Å². The van der Waals surface area contributed by atoms with Crippen LogP contribution in [0.5, 0.6) is 0 Å². The molecule has 0 aromatic heterocycles. The van der Waals surface area contributed by atoms with Crippen molar-refractivity contribution in [2.45, 2.75) is 32.9 Å². The van der Waals surface area contributed by atoms with Crippen LogP contribution in [0.2, 0.25) is 5.02 Å². The predicted molar refractivity (Wildman–Crippen MR) is 80.2 cm³/mol. The maximum atomic E-state index is 11.7. The van der Waals surface area contributed by atoms with E-state index in [1.807, 2.05) is 13.8 Å². The molecule has 0 spiro atoms. The van der Waals surface area contributed by atoms with Crippen molar-refractivity contribution < 1.29 is 14.5 Å². The molecule has 1 aromatic carbocycles. The molecule has 116 valence electrons. The predicted octanol–water partition coefficient (Wildman–Crippen LogP) is 2.93. The zero-order valence-electron chi connectivity index (χ0n) is 12.3. The molecule has 0 amide bonds. The van der Waals surface area contributed by atoms with Crippen molar-refractivity contribution in [1.82, 2.24) is 5.32 Å². The van der Waals surface area contributed by atoms with Gasteiger partial charge < -0.3 is 10.1 Å². The number of nitro groups is 1. The molecule has 0 heterocycles. The summed E-state index contributed by atoms with van der Waals surface area (Å²) in [6.07, 6.45) is 0.584. The van der Waals surface area contributed by atoms with Gasteiger partial charge in [0.05, 0.1) is 12.0 Å². The molecule has 1 unspecified atom stereocenters. The van der Waals surface area contributed by atoms with Crippen molar-refractivity contribution in [3.05, 3.63) is 38.9 Å². The summed E-state index contributed by atoms with van der Waals surface area (Å²) >= 11 is 5.87. The van der Waals surface area contributed by atoms with E-state index in [0.717, 1.165) is 0 Å². The van der Waals surface area contributed by atoms with Gasteiger partial charge in [0.2, 0.25) is 0 Å². The number of nitrogens with zero attached hydrogens (tertiary/aromatic N) is 1. The molecule has 0 bridgehead atoms. The first-order valence-electron chi connectivity index (χ1n) is 6.59. The number of nitrogens with one attached hydrogen (secondary N) is 1. The Bertz CT molecular complexity index is 520. The van der Waals surface area contributed by atoms with E-state index in [9.17, 15) is 14.9 Å². The monoisotopic (exact) mass is 314 g/mol. The second kappa shape index (κ2) is 7.95. The van der Waals surface area contributed by atoms with Crippen LogP contribution in [-0.4, -0.2) is 24.0 Å². The van der Waals surface area contributed by atoms with Crippen LogP contribution < -0.4 is 5.32 Å². The van der Waals surface area contributed by atoms with E-state index in [4.69, 9.17) is 16.3 Å². The van der Waals surface area contributed by atoms with Crippen LogP contribution in [0.15, 0.2) is 18.2 Å². The van der Waals surface area contributed by atoms with E-state index in [1.165, 1.54) is 25.3 Å². The topological polar surface area (TPSA) is 81.5 Å². The van der Waals surface area contributed by atoms with Crippen molar-refractivity contribution in [1.29, 1.82) is 0 Å². The first kappa shape index (κ1) is 17.4. The third kappa shape index (κ3) is 5.32. The molecule has 1 aromatic rings. The number of benzene rings is 1. The molecule has 21 heavy (non-hydrogen) atoms. The van der Waals surface area contributed by atoms with Crippen LogP contribution in [0.3, 0.4) is 0 Å². The molecule has 7 heteroatoms. The number of ether oxygens (including phenoxy) is 1. The highest BCUT2D eigenvalue weighted by Crippen LogP contribution is 2.23. The van der Waals surface area contributed by atoms with Gasteiger partial charge in [0, 0.05) is 23.2 Å². The minimum Gasteiger partial charge on any atom is -0.468 e. The third-order valence-electron chi connectivity index (χ3n) is 2.97. The van der Waals surface area contributed by atoms with Crippen LogP contribution in [0.25, 0.3) is 0 Å². The summed E-state index contributed by atoms with van der Waals surface area (Å²) in [5.74, 6) is -0.0932. The van der Waals surface area contributed by atoms with Crippen molar-refractivity contribution in [3.8, 4) is 0 Å². The van der Waals surface area contributed by atoms with E-state index in [2.05, 4.69) is 5.32 Å². The van der Waals surface area contributed by atoms with Crippen LogP contribution in [0.1, 0.15) is 25.8 Å². The van der Waals surface area contributed by atoms with Crippen molar-refractivity contribution in [2.24, 2.45) is 5.92 Å². The van der Waals surface area contributed by atoms with E-state index >= 15 is 0 Å². The van der Waals surface area contributed by atoms with Gasteiger partial charge in [-0.3, -0.25) is 14.9 Å². The molecule has 0 saturated heterocycles. The standard InChI is InChI=1S/C14H19ClN2O4/c1-9(2)6-12(14(18)21-3)16-8-10-7-11(15)4-5-13(10)17(19)20/h4-5,7,9,12,16H,6,8H2,1-3H3. The number of nitro benzene ring substituents is 1. The van der Waals surface area contributed by atoms with Gasteiger partial charge in [-0.15, -0.1) is 0 Å². The zero-order valence-corrected chi connectivity index (χ0v) is 13.0. The maximum Gasteiger partial charge on any atom is 0.322 e. The summed E-state index contributed by atoms with van der Waals surface area (Å²) in [6.45, 7) is 4.14. The molecule has 1 N–H and O–H groups in total. The molecule has 0 fully saturated rings. The Labute approximate surface area is 128 Å². The number of carbonyl (C=O) groups excluding carboxylic acids is 1. The molecule has 0 saturated carbocycles. The number of methoxy groups -OCH3 is 1. The van der Waals surface area contributed by atoms with E-state index < -0.39 is 11.0 Å². The lowest BCUT2D eigenvalue weighted by Crippen LogP contribution is -2.38. The van der Waals surface area contributed by atoms with Crippen molar-refractivity contribution in [2.75, 3.05) is 7.11 Å². The Balaban J connectivity index is 2.86. The quantitative estimate of drug-likeness (QED) is 0.475. The number of hydrogen-bond acceptors (Lipinski definition) is 5. The van der Waals surface area contributed by atoms with Crippen LogP contribution in [-0.2, 0) is 16.1 Å². The highest BCUT2D eigenvalue weighted by molar-refractivity contribution is 6.30.